The molecule has 2 atom stereocenters. The van der Waals surface area contributed by atoms with Crippen LogP contribution in [0.25, 0.3) is 27.8 Å². The maximum Gasteiger partial charge on any atom is 0.410 e. The number of benzene rings is 1. The largest absolute Gasteiger partial charge is 0.495 e. The lowest BCUT2D eigenvalue weighted by Gasteiger charge is -2.44. The number of carbonyl (C=O) groups excluding carboxylic acids is 1. The Kier molecular flexibility index (Phi) is 6.88. The van der Waals surface area contributed by atoms with Gasteiger partial charge < -0.3 is 19.3 Å². The van der Waals surface area contributed by atoms with E-state index in [-0.39, 0.29) is 24.0 Å². The molecule has 0 bridgehead atoms. The Morgan fingerprint density at radius 2 is 1.82 bits per heavy atom. The van der Waals surface area contributed by atoms with Gasteiger partial charge in [0.05, 0.1) is 30.6 Å². The highest BCUT2D eigenvalue weighted by atomic mass is 19.1. The molecule has 1 aliphatic heterocycles. The van der Waals surface area contributed by atoms with E-state index in [1.807, 2.05) is 57.5 Å². The summed E-state index contributed by atoms with van der Waals surface area (Å²) in [7, 11) is 1.58. The maximum atomic E-state index is 15.2. The molecule has 204 valence electrons. The predicted octanol–water partition coefficient (Wildman–Crippen LogP) is 5.46. The van der Waals surface area contributed by atoms with Gasteiger partial charge in [0, 0.05) is 48.6 Å². The van der Waals surface area contributed by atoms with Crippen molar-refractivity contribution >= 4 is 22.9 Å². The van der Waals surface area contributed by atoms with E-state index in [2.05, 4.69) is 14.9 Å². The number of anilines is 1. The molecule has 0 radical (unpaired) electrons. The van der Waals surface area contributed by atoms with Crippen LogP contribution >= 0.6 is 0 Å². The number of aromatic nitrogens is 4. The smallest absolute Gasteiger partial charge is 0.410 e. The lowest BCUT2D eigenvalue weighted by atomic mass is 10.0. The number of nitrogens with zero attached hydrogens (tertiary/aromatic N) is 6. The fourth-order valence-electron chi connectivity index (χ4n) is 4.99. The van der Waals surface area contributed by atoms with Gasteiger partial charge in [0.25, 0.3) is 0 Å². The van der Waals surface area contributed by atoms with Crippen LogP contribution in [0.2, 0.25) is 0 Å². The van der Waals surface area contributed by atoms with Crippen LogP contribution in [0.5, 0.6) is 5.75 Å². The predicted molar refractivity (Wildman–Crippen MR) is 148 cm³/mol. The Balaban J connectivity index is 1.63. The van der Waals surface area contributed by atoms with Crippen molar-refractivity contribution in [3.8, 4) is 22.6 Å². The second-order valence-electron chi connectivity index (χ2n) is 10.9. The van der Waals surface area contributed by atoms with Crippen molar-refractivity contribution in [1.82, 2.24) is 24.4 Å². The molecule has 0 saturated carbocycles. The summed E-state index contributed by atoms with van der Waals surface area (Å²) in [4.78, 5) is 30.5. The first-order valence-electron chi connectivity index (χ1n) is 12.9. The van der Waals surface area contributed by atoms with Crippen LogP contribution in [0, 0.1) is 5.82 Å². The minimum Gasteiger partial charge on any atom is -0.495 e. The maximum absolute atomic E-state index is 15.2. The minimum absolute atomic E-state index is 0.0814. The molecule has 4 heterocycles. The highest BCUT2D eigenvalue weighted by Crippen LogP contribution is 2.39. The SMILES string of the molecule is COc1cncc(-n2cc(-c3ccccc3F)c3c(N4C[C@@H](C)N(C(=O)OC(C)(C)C)C[C@@H]4C)ncnc32)c1. The molecule has 1 aromatic carbocycles. The first kappa shape index (κ1) is 26.4. The Morgan fingerprint density at radius 1 is 1.05 bits per heavy atom. The first-order valence-corrected chi connectivity index (χ1v) is 12.9. The third kappa shape index (κ3) is 5.10. The summed E-state index contributed by atoms with van der Waals surface area (Å²) in [5.41, 5.74) is 1.87. The van der Waals surface area contributed by atoms with E-state index in [0.29, 0.717) is 41.4 Å². The van der Waals surface area contributed by atoms with Crippen LogP contribution in [0.15, 0.2) is 55.2 Å². The molecule has 39 heavy (non-hydrogen) atoms. The lowest BCUT2D eigenvalue weighted by Crippen LogP contribution is -2.59. The van der Waals surface area contributed by atoms with Crippen LogP contribution in [-0.4, -0.2) is 68.4 Å². The van der Waals surface area contributed by atoms with E-state index < -0.39 is 5.60 Å². The molecule has 3 aromatic heterocycles. The molecule has 5 rings (SSSR count). The zero-order chi connectivity index (χ0) is 27.9. The molecule has 0 unspecified atom stereocenters. The number of rotatable bonds is 4. The van der Waals surface area contributed by atoms with Crippen molar-refractivity contribution in [2.75, 3.05) is 25.1 Å². The quantitative estimate of drug-likeness (QED) is 0.345. The fourth-order valence-corrected chi connectivity index (χ4v) is 4.99. The van der Waals surface area contributed by atoms with Crippen molar-refractivity contribution < 1.29 is 18.7 Å². The molecule has 0 spiro atoms. The topological polar surface area (TPSA) is 85.6 Å². The van der Waals surface area contributed by atoms with E-state index in [1.165, 1.54) is 12.4 Å². The Hall–Kier alpha value is -4.21. The van der Waals surface area contributed by atoms with Crippen molar-refractivity contribution in [3.05, 3.63) is 61.1 Å². The number of hydrogen-bond donors (Lipinski definition) is 0. The molecule has 9 nitrogen and oxygen atoms in total. The molecule has 1 saturated heterocycles. The van der Waals surface area contributed by atoms with Gasteiger partial charge in [-0.1, -0.05) is 18.2 Å². The molecular weight excluding hydrogens is 499 g/mol. The number of ether oxygens (including phenoxy) is 2. The van der Waals surface area contributed by atoms with Gasteiger partial charge in [-0.15, -0.1) is 0 Å². The number of pyridine rings is 1. The van der Waals surface area contributed by atoms with Gasteiger partial charge in [0.2, 0.25) is 0 Å². The minimum atomic E-state index is -0.581. The zero-order valence-electron chi connectivity index (χ0n) is 23.1. The van der Waals surface area contributed by atoms with E-state index in [9.17, 15) is 4.79 Å². The summed E-state index contributed by atoms with van der Waals surface area (Å²) in [6, 6.07) is 8.30. The fraction of sp³-hybridized carbons (Fsp3) is 0.379. The van der Waals surface area contributed by atoms with Gasteiger partial charge in [-0.3, -0.25) is 9.55 Å². The van der Waals surface area contributed by atoms with E-state index >= 15 is 4.39 Å². The first-order chi connectivity index (χ1) is 18.6. The Labute approximate surface area is 227 Å². The third-order valence-electron chi connectivity index (χ3n) is 6.83. The van der Waals surface area contributed by atoms with Crippen molar-refractivity contribution in [2.45, 2.75) is 52.3 Å². The molecule has 10 heteroatoms. The van der Waals surface area contributed by atoms with Gasteiger partial charge in [-0.05, 0) is 40.7 Å². The summed E-state index contributed by atoms with van der Waals surface area (Å²) in [6.07, 6.45) is 6.38. The summed E-state index contributed by atoms with van der Waals surface area (Å²) >= 11 is 0. The number of fused-ring (bicyclic) bond motifs is 1. The van der Waals surface area contributed by atoms with Crippen LogP contribution in [0.3, 0.4) is 0 Å². The zero-order valence-corrected chi connectivity index (χ0v) is 23.1. The standard InChI is InChI=1S/C29H33FN6O3/c1-18-15-35(28(37)39-29(3,4)5)19(2)14-34(18)26-25-23(22-9-7-8-10-24(22)30)16-36(27(25)33-17-32-26)20-11-21(38-6)13-31-12-20/h7-13,16-19H,14-15H2,1-6H3/t18-,19+/m0/s1. The molecule has 1 fully saturated rings. The molecule has 4 aromatic rings. The summed E-state index contributed by atoms with van der Waals surface area (Å²) in [6.45, 7) is 10.6. The molecular formula is C29H33FN6O3. The number of hydrogen-bond acceptors (Lipinski definition) is 7. The van der Waals surface area contributed by atoms with Crippen LogP contribution in [0.1, 0.15) is 34.6 Å². The average Bonchev–Trinajstić information content (AvgIpc) is 3.29. The number of halogens is 1. The van der Waals surface area contributed by atoms with Crippen molar-refractivity contribution in [2.24, 2.45) is 0 Å². The normalized spacial score (nSPS) is 17.9. The van der Waals surface area contributed by atoms with Crippen LogP contribution < -0.4 is 9.64 Å². The molecule has 1 aliphatic rings. The lowest BCUT2D eigenvalue weighted by molar-refractivity contribution is 0.0130. The average molecular weight is 533 g/mol. The highest BCUT2D eigenvalue weighted by Gasteiger charge is 2.36. The number of carbonyl (C=O) groups is 1. The van der Waals surface area contributed by atoms with Gasteiger partial charge >= 0.3 is 6.09 Å². The third-order valence-corrected chi connectivity index (χ3v) is 6.83. The van der Waals surface area contributed by atoms with E-state index in [4.69, 9.17) is 14.5 Å². The van der Waals surface area contributed by atoms with E-state index in [0.717, 1.165) is 11.1 Å². The number of amides is 1. The van der Waals surface area contributed by atoms with Crippen molar-refractivity contribution in [3.63, 3.8) is 0 Å². The second kappa shape index (κ2) is 10.2. The number of piperazine rings is 1. The molecule has 0 aliphatic carbocycles. The van der Waals surface area contributed by atoms with Gasteiger partial charge in [-0.2, -0.15) is 0 Å². The van der Waals surface area contributed by atoms with Gasteiger partial charge in [0.1, 0.15) is 29.3 Å². The monoisotopic (exact) mass is 532 g/mol. The summed E-state index contributed by atoms with van der Waals surface area (Å²) < 4.78 is 28.1. The van der Waals surface area contributed by atoms with E-state index in [1.54, 1.807) is 36.5 Å². The second-order valence-corrected chi connectivity index (χ2v) is 10.9. The summed E-state index contributed by atoms with van der Waals surface area (Å²) in [5.74, 6) is 0.930. The van der Waals surface area contributed by atoms with Gasteiger partial charge in [0.15, 0.2) is 5.65 Å². The molecule has 1 amide bonds. The van der Waals surface area contributed by atoms with Crippen LogP contribution in [-0.2, 0) is 4.74 Å². The van der Waals surface area contributed by atoms with Gasteiger partial charge in [-0.25, -0.2) is 19.2 Å². The highest BCUT2D eigenvalue weighted by molar-refractivity contribution is 6.02. The summed E-state index contributed by atoms with van der Waals surface area (Å²) in [5, 5.41) is 0.718. The Bertz CT molecular complexity index is 1510. The van der Waals surface area contributed by atoms with Crippen LogP contribution in [0.4, 0.5) is 15.0 Å². The number of methoxy groups -OCH3 is 1. The Morgan fingerprint density at radius 3 is 2.54 bits per heavy atom. The van der Waals surface area contributed by atoms with Crippen molar-refractivity contribution in [1.29, 1.82) is 0 Å². The molecule has 0 N–H and O–H groups in total.